The Balaban J connectivity index is 2.04. The van der Waals surface area contributed by atoms with Gasteiger partial charge in [-0.3, -0.25) is 4.55 Å². The third-order valence-corrected chi connectivity index (χ3v) is 7.15. The molecule has 33 heavy (non-hydrogen) atoms. The third-order valence-electron chi connectivity index (χ3n) is 6.54. The maximum absolute atomic E-state index is 11.4. The first-order valence-electron chi connectivity index (χ1n) is 13.6. The quantitative estimate of drug-likeness (QED) is 0.132. The Morgan fingerprint density at radius 3 is 1.48 bits per heavy atom. The highest BCUT2D eigenvalue weighted by Crippen LogP contribution is 2.26. The van der Waals surface area contributed by atoms with E-state index in [9.17, 15) is 13.0 Å². The van der Waals surface area contributed by atoms with Gasteiger partial charge in [0.05, 0.1) is 5.60 Å². The summed E-state index contributed by atoms with van der Waals surface area (Å²) in [4.78, 5) is 0. The van der Waals surface area contributed by atoms with Crippen LogP contribution in [0.1, 0.15) is 135 Å². The normalized spacial score (nSPS) is 13.8. The number of rotatable bonds is 22. The number of unbranched alkanes of at least 4 members (excludes halogenated alkanes) is 16. The van der Waals surface area contributed by atoms with E-state index < -0.39 is 16.0 Å². The second-order valence-electron chi connectivity index (χ2n) is 10.0. The summed E-state index contributed by atoms with van der Waals surface area (Å²) in [5.41, 5.74) is 0.0976. The molecule has 0 aliphatic rings. The Bertz CT molecular complexity index is 674. The topological polar surface area (TPSA) is 63.6 Å². The SMILES string of the molecule is CCCCCCCCCCCCCCCCCCCC(C)(Cc1ccccc1)OS(=O)(=O)O. The molecule has 4 nitrogen and oxygen atoms in total. The molecule has 1 aromatic carbocycles. The molecule has 192 valence electrons. The van der Waals surface area contributed by atoms with Crippen LogP contribution in [0.3, 0.4) is 0 Å². The van der Waals surface area contributed by atoms with E-state index in [1.807, 2.05) is 30.3 Å². The molecule has 0 saturated carbocycles. The Kier molecular flexibility index (Phi) is 16.8. The van der Waals surface area contributed by atoms with Crippen LogP contribution in [0.25, 0.3) is 0 Å². The molecule has 0 radical (unpaired) electrons. The molecule has 5 heteroatoms. The van der Waals surface area contributed by atoms with Gasteiger partial charge in [0.15, 0.2) is 0 Å². The highest BCUT2D eigenvalue weighted by atomic mass is 32.3. The Morgan fingerprint density at radius 1 is 0.697 bits per heavy atom. The van der Waals surface area contributed by atoms with Gasteiger partial charge >= 0.3 is 10.4 Å². The van der Waals surface area contributed by atoms with E-state index in [1.54, 1.807) is 6.92 Å². The fraction of sp³-hybridized carbons (Fsp3) is 0.786. The van der Waals surface area contributed by atoms with Gasteiger partial charge in [-0.25, -0.2) is 4.18 Å². The molecule has 1 N–H and O–H groups in total. The minimum absolute atomic E-state index is 0.465. The molecule has 0 amide bonds. The van der Waals surface area contributed by atoms with Gasteiger partial charge in [-0.2, -0.15) is 8.42 Å². The van der Waals surface area contributed by atoms with Crippen molar-refractivity contribution in [1.29, 1.82) is 0 Å². The molecule has 0 bridgehead atoms. The first kappa shape index (κ1) is 30.1. The zero-order valence-corrected chi connectivity index (χ0v) is 22.2. The van der Waals surface area contributed by atoms with Crippen molar-refractivity contribution >= 4 is 10.4 Å². The van der Waals surface area contributed by atoms with Crippen molar-refractivity contribution in [1.82, 2.24) is 0 Å². The first-order valence-corrected chi connectivity index (χ1v) is 14.9. The van der Waals surface area contributed by atoms with Gasteiger partial charge in [0.2, 0.25) is 0 Å². The minimum atomic E-state index is -4.47. The molecule has 0 saturated heterocycles. The standard InChI is InChI=1S/C28H50O4S/c1-3-4-5-6-7-8-9-10-11-12-13-14-15-16-17-18-22-25-28(2,32-33(29,30)31)26-27-23-20-19-21-24-27/h19-21,23-24H,3-18,22,25-26H2,1-2H3,(H,29,30,31). The molecule has 0 aliphatic heterocycles. The van der Waals surface area contributed by atoms with Gasteiger partial charge in [-0.05, 0) is 18.9 Å². The largest absolute Gasteiger partial charge is 0.397 e. The molecule has 0 aromatic heterocycles. The predicted octanol–water partition coefficient (Wildman–Crippen LogP) is 8.85. The Labute approximate surface area is 204 Å². The van der Waals surface area contributed by atoms with Crippen LogP contribution >= 0.6 is 0 Å². The lowest BCUT2D eigenvalue weighted by atomic mass is 9.90. The van der Waals surface area contributed by atoms with Gasteiger partial charge in [-0.1, -0.05) is 146 Å². The zero-order chi connectivity index (χ0) is 24.3. The van der Waals surface area contributed by atoms with Gasteiger partial charge in [0.1, 0.15) is 0 Å². The molecular weight excluding hydrogens is 432 g/mol. The second kappa shape index (κ2) is 18.4. The Morgan fingerprint density at radius 2 is 1.09 bits per heavy atom. The van der Waals surface area contributed by atoms with Crippen LogP contribution in [0.5, 0.6) is 0 Å². The molecule has 1 unspecified atom stereocenters. The van der Waals surface area contributed by atoms with Crippen LogP contribution in [0.15, 0.2) is 30.3 Å². The van der Waals surface area contributed by atoms with Crippen LogP contribution < -0.4 is 0 Å². The van der Waals surface area contributed by atoms with Crippen LogP contribution in [-0.2, 0) is 21.0 Å². The van der Waals surface area contributed by atoms with Crippen molar-refractivity contribution in [2.24, 2.45) is 0 Å². The molecule has 0 aliphatic carbocycles. The van der Waals surface area contributed by atoms with Crippen LogP contribution in [0.2, 0.25) is 0 Å². The van der Waals surface area contributed by atoms with Crippen molar-refractivity contribution in [3.8, 4) is 0 Å². The number of benzene rings is 1. The molecule has 0 fully saturated rings. The molecule has 1 aromatic rings. The van der Waals surface area contributed by atoms with E-state index in [-0.39, 0.29) is 0 Å². The summed E-state index contributed by atoms with van der Waals surface area (Å²) >= 11 is 0. The maximum Gasteiger partial charge on any atom is 0.397 e. The van der Waals surface area contributed by atoms with E-state index in [4.69, 9.17) is 4.18 Å². The van der Waals surface area contributed by atoms with E-state index in [0.29, 0.717) is 12.8 Å². The summed E-state index contributed by atoms with van der Waals surface area (Å²) in [5, 5.41) is 0. The minimum Gasteiger partial charge on any atom is -0.264 e. The summed E-state index contributed by atoms with van der Waals surface area (Å²) in [6.07, 6.45) is 23.4. The number of hydrogen-bond donors (Lipinski definition) is 1. The van der Waals surface area contributed by atoms with Gasteiger partial charge in [-0.15, -0.1) is 0 Å². The zero-order valence-electron chi connectivity index (χ0n) is 21.4. The van der Waals surface area contributed by atoms with Crippen LogP contribution in [0, 0.1) is 0 Å². The molecule has 1 atom stereocenters. The summed E-state index contributed by atoms with van der Waals surface area (Å²) in [6.45, 7) is 4.05. The fourth-order valence-electron chi connectivity index (χ4n) is 4.67. The average Bonchev–Trinajstić information content (AvgIpc) is 2.75. The van der Waals surface area contributed by atoms with E-state index in [2.05, 4.69) is 6.92 Å². The average molecular weight is 483 g/mol. The molecular formula is C28H50O4S. The predicted molar refractivity (Wildman–Crippen MR) is 140 cm³/mol. The van der Waals surface area contributed by atoms with Crippen molar-refractivity contribution in [3.63, 3.8) is 0 Å². The molecule has 1 rings (SSSR count). The van der Waals surface area contributed by atoms with Gasteiger partial charge < -0.3 is 0 Å². The summed E-state index contributed by atoms with van der Waals surface area (Å²) < 4.78 is 37.0. The summed E-state index contributed by atoms with van der Waals surface area (Å²) in [5.74, 6) is 0. The lowest BCUT2D eigenvalue weighted by Gasteiger charge is -2.28. The summed E-state index contributed by atoms with van der Waals surface area (Å²) in [6, 6.07) is 9.71. The second-order valence-corrected chi connectivity index (χ2v) is 11.1. The highest BCUT2D eigenvalue weighted by Gasteiger charge is 2.30. The van der Waals surface area contributed by atoms with Crippen LogP contribution in [-0.4, -0.2) is 18.6 Å². The molecule has 0 spiro atoms. The highest BCUT2D eigenvalue weighted by molar-refractivity contribution is 7.80. The lowest BCUT2D eigenvalue weighted by Crippen LogP contribution is -2.34. The van der Waals surface area contributed by atoms with Crippen molar-refractivity contribution in [2.75, 3.05) is 0 Å². The monoisotopic (exact) mass is 482 g/mol. The van der Waals surface area contributed by atoms with E-state index in [1.165, 1.54) is 96.3 Å². The lowest BCUT2D eigenvalue weighted by molar-refractivity contribution is 0.0692. The van der Waals surface area contributed by atoms with Crippen LogP contribution in [0.4, 0.5) is 0 Å². The summed E-state index contributed by atoms with van der Waals surface area (Å²) in [7, 11) is -4.47. The van der Waals surface area contributed by atoms with E-state index >= 15 is 0 Å². The van der Waals surface area contributed by atoms with Crippen molar-refractivity contribution in [2.45, 2.75) is 141 Å². The third kappa shape index (κ3) is 18.1. The van der Waals surface area contributed by atoms with Gasteiger partial charge in [0, 0.05) is 6.42 Å². The maximum atomic E-state index is 11.4. The first-order chi connectivity index (χ1) is 15.8. The molecule has 0 heterocycles. The van der Waals surface area contributed by atoms with Crippen molar-refractivity contribution in [3.05, 3.63) is 35.9 Å². The van der Waals surface area contributed by atoms with Gasteiger partial charge in [0.25, 0.3) is 0 Å². The van der Waals surface area contributed by atoms with E-state index in [0.717, 1.165) is 18.4 Å². The smallest absolute Gasteiger partial charge is 0.264 e. The Hall–Kier alpha value is -0.910. The fourth-order valence-corrected chi connectivity index (χ4v) is 5.32. The number of hydrogen-bond acceptors (Lipinski definition) is 3. The van der Waals surface area contributed by atoms with Crippen molar-refractivity contribution < 1.29 is 17.2 Å².